The maximum absolute atomic E-state index is 12.5. The van der Waals surface area contributed by atoms with Gasteiger partial charge in [0.1, 0.15) is 18.8 Å². The van der Waals surface area contributed by atoms with Crippen LogP contribution < -0.4 is 0 Å². The van der Waals surface area contributed by atoms with E-state index in [1.165, 1.54) is 6.92 Å². The third-order valence-electron chi connectivity index (χ3n) is 13.8. The molecule has 3 heterocycles. The second-order valence-corrected chi connectivity index (χ2v) is 16.2. The lowest BCUT2D eigenvalue weighted by Gasteiger charge is -2.64. The molecule has 4 saturated carbocycles. The largest absolute Gasteiger partial charge is 0.459 e. The molecule has 7 rings (SSSR count). The molecule has 0 aromatic rings. The molecule has 47 heavy (non-hydrogen) atoms. The van der Waals surface area contributed by atoms with E-state index in [2.05, 4.69) is 13.8 Å². The summed E-state index contributed by atoms with van der Waals surface area (Å²) in [5, 5.41) is 22.5. The molecule has 0 aromatic heterocycles. The van der Waals surface area contributed by atoms with Gasteiger partial charge in [-0.15, -0.1) is 0 Å². The fourth-order valence-electron chi connectivity index (χ4n) is 11.3. The quantitative estimate of drug-likeness (QED) is 0.235. The van der Waals surface area contributed by atoms with Crippen molar-refractivity contribution < 1.29 is 48.2 Å². The molecule has 0 amide bonds. The molecule has 5 fully saturated rings. The van der Waals surface area contributed by atoms with E-state index in [4.69, 9.17) is 28.4 Å². The van der Waals surface area contributed by atoms with Gasteiger partial charge >= 0.3 is 11.9 Å². The first-order valence-electron chi connectivity index (χ1n) is 18.1. The fraction of sp³-hybridized carbons (Fsp3) is 0.838. The Morgan fingerprint density at radius 2 is 1.74 bits per heavy atom. The number of carbonyl (C=O) groups is 2. The van der Waals surface area contributed by atoms with E-state index < -0.39 is 48.7 Å². The number of aliphatic hydroxyl groups excluding tert-OH is 1. The molecule has 0 radical (unpaired) electrons. The first-order chi connectivity index (χ1) is 22.3. The summed E-state index contributed by atoms with van der Waals surface area (Å²) in [5.41, 5.74) is 0.264. The Hall–Kier alpha value is -1.82. The molecule has 10 nitrogen and oxygen atoms in total. The number of ether oxygens (including phenoxy) is 6. The third kappa shape index (κ3) is 5.82. The summed E-state index contributed by atoms with van der Waals surface area (Å²) >= 11 is 0. The lowest BCUT2D eigenvalue weighted by atomic mass is 9.43. The van der Waals surface area contributed by atoms with Gasteiger partial charge in [0.25, 0.3) is 0 Å². The number of rotatable bonds is 6. The zero-order chi connectivity index (χ0) is 33.3. The van der Waals surface area contributed by atoms with Crippen LogP contribution in [-0.4, -0.2) is 83.6 Å². The number of carbonyl (C=O) groups excluding carboxylic acids is 2. The van der Waals surface area contributed by atoms with Crippen molar-refractivity contribution in [3.8, 4) is 0 Å². The van der Waals surface area contributed by atoms with Gasteiger partial charge in [0.2, 0.25) is 0 Å². The Balaban J connectivity index is 0.992. The van der Waals surface area contributed by atoms with E-state index in [1.54, 1.807) is 25.2 Å². The van der Waals surface area contributed by atoms with Crippen molar-refractivity contribution in [3.63, 3.8) is 0 Å². The molecule has 0 bridgehead atoms. The highest BCUT2D eigenvalue weighted by Crippen LogP contribution is 2.70. The van der Waals surface area contributed by atoms with Gasteiger partial charge in [-0.25, -0.2) is 4.79 Å². The highest BCUT2D eigenvalue weighted by Gasteiger charge is 2.67. The van der Waals surface area contributed by atoms with Gasteiger partial charge in [0, 0.05) is 24.8 Å². The summed E-state index contributed by atoms with van der Waals surface area (Å²) in [4.78, 5) is 24.0. The fourth-order valence-corrected chi connectivity index (χ4v) is 11.3. The second-order valence-electron chi connectivity index (χ2n) is 16.2. The van der Waals surface area contributed by atoms with Crippen LogP contribution in [0.1, 0.15) is 98.8 Å². The molecule has 4 aliphatic carbocycles. The molecule has 0 unspecified atom stereocenters. The van der Waals surface area contributed by atoms with Gasteiger partial charge in [0.15, 0.2) is 12.6 Å². The normalized spacial score (nSPS) is 51.0. The van der Waals surface area contributed by atoms with Crippen LogP contribution in [0.3, 0.4) is 0 Å². The third-order valence-corrected chi connectivity index (χ3v) is 13.8. The van der Waals surface area contributed by atoms with Gasteiger partial charge in [-0.05, 0) is 112 Å². The summed E-state index contributed by atoms with van der Waals surface area (Å²) in [6.07, 6.45) is 10.4. The molecular weight excluding hydrogens is 604 g/mol. The molecule has 1 saturated heterocycles. The van der Waals surface area contributed by atoms with E-state index in [1.807, 2.05) is 6.92 Å². The number of esters is 2. The van der Waals surface area contributed by atoms with Crippen LogP contribution in [0.25, 0.3) is 0 Å². The standard InChI is InChI=1S/C37H54O10/c1-20-29(39)8-9-32(43-20)47-34-21(2)44-33(18-30(34)45-22(3)38)46-25-10-13-35(4)24(17-25)6-7-28-27(35)11-14-36(5)26(12-15-37(28,36)41)23-16-31(40)42-19-23/h8-9,16,20-21,24-30,32-34,39,41H,6-7,10-15,17-19H2,1-5H3/t20-,21-,24-,25+,26-,27+,28-,29-,30+,32+,33+,34-,35+,36-,37+/m1/s1. The Morgan fingerprint density at radius 3 is 2.47 bits per heavy atom. The Labute approximate surface area is 278 Å². The topological polar surface area (TPSA) is 130 Å². The number of aliphatic hydroxyl groups is 2. The molecular formula is C37H54O10. The smallest absolute Gasteiger partial charge is 0.331 e. The predicted octanol–water partition coefficient (Wildman–Crippen LogP) is 4.74. The highest BCUT2D eigenvalue weighted by molar-refractivity contribution is 5.85. The van der Waals surface area contributed by atoms with Crippen LogP contribution in [-0.2, 0) is 38.0 Å². The summed E-state index contributed by atoms with van der Waals surface area (Å²) in [7, 11) is 0. The maximum Gasteiger partial charge on any atom is 0.331 e. The molecule has 7 aliphatic rings. The van der Waals surface area contributed by atoms with Crippen molar-refractivity contribution in [2.45, 2.75) is 154 Å². The van der Waals surface area contributed by atoms with Gasteiger partial charge in [-0.3, -0.25) is 4.79 Å². The number of hydrogen-bond acceptors (Lipinski definition) is 10. The van der Waals surface area contributed by atoms with Crippen molar-refractivity contribution >= 4 is 11.9 Å². The minimum Gasteiger partial charge on any atom is -0.459 e. The van der Waals surface area contributed by atoms with E-state index in [9.17, 15) is 19.8 Å². The molecule has 0 aromatic carbocycles. The summed E-state index contributed by atoms with van der Waals surface area (Å²) < 4.78 is 36.0. The average Bonchev–Trinajstić information content (AvgIpc) is 3.56. The molecule has 2 N–H and O–H groups in total. The average molecular weight is 659 g/mol. The summed E-state index contributed by atoms with van der Waals surface area (Å²) in [6, 6.07) is 0. The number of hydrogen-bond donors (Lipinski definition) is 2. The van der Waals surface area contributed by atoms with Crippen molar-refractivity contribution in [3.05, 3.63) is 23.8 Å². The van der Waals surface area contributed by atoms with Crippen LogP contribution >= 0.6 is 0 Å². The van der Waals surface area contributed by atoms with Crippen LogP contribution in [0, 0.1) is 34.5 Å². The van der Waals surface area contributed by atoms with Gasteiger partial charge in [0.05, 0.1) is 30.0 Å². The molecule has 262 valence electrons. The maximum atomic E-state index is 12.5. The van der Waals surface area contributed by atoms with E-state index in [0.717, 1.165) is 63.4 Å². The molecule has 3 aliphatic heterocycles. The molecule has 0 spiro atoms. The first kappa shape index (κ1) is 33.7. The van der Waals surface area contributed by atoms with Gasteiger partial charge in [-0.1, -0.05) is 19.9 Å². The molecule has 15 atom stereocenters. The Kier molecular flexibility index (Phi) is 8.95. The molecule has 10 heteroatoms. The van der Waals surface area contributed by atoms with Crippen LogP contribution in [0.5, 0.6) is 0 Å². The number of fused-ring (bicyclic) bond motifs is 5. The van der Waals surface area contributed by atoms with Crippen molar-refractivity contribution in [2.24, 2.45) is 34.5 Å². The lowest BCUT2D eigenvalue weighted by Crippen LogP contribution is -2.62. The van der Waals surface area contributed by atoms with Gasteiger partial charge in [-0.2, -0.15) is 0 Å². The van der Waals surface area contributed by atoms with Crippen molar-refractivity contribution in [2.75, 3.05) is 6.61 Å². The van der Waals surface area contributed by atoms with E-state index in [0.29, 0.717) is 24.9 Å². The van der Waals surface area contributed by atoms with Crippen LogP contribution in [0.15, 0.2) is 23.8 Å². The minimum absolute atomic E-state index is 0.0452. The van der Waals surface area contributed by atoms with E-state index in [-0.39, 0.29) is 40.7 Å². The highest BCUT2D eigenvalue weighted by atomic mass is 16.7. The first-order valence-corrected chi connectivity index (χ1v) is 18.1. The zero-order valence-corrected chi connectivity index (χ0v) is 28.6. The summed E-state index contributed by atoms with van der Waals surface area (Å²) in [5.74, 6) is 0.812. The number of cyclic esters (lactones) is 1. The zero-order valence-electron chi connectivity index (χ0n) is 28.6. The lowest BCUT2D eigenvalue weighted by molar-refractivity contribution is -0.299. The monoisotopic (exact) mass is 658 g/mol. The second kappa shape index (κ2) is 12.5. The Bertz CT molecular complexity index is 1280. The van der Waals surface area contributed by atoms with Crippen molar-refractivity contribution in [1.29, 1.82) is 0 Å². The minimum atomic E-state index is -0.721. The van der Waals surface area contributed by atoms with Gasteiger partial charge < -0.3 is 38.6 Å². The van der Waals surface area contributed by atoms with Crippen molar-refractivity contribution in [1.82, 2.24) is 0 Å². The summed E-state index contributed by atoms with van der Waals surface area (Å²) in [6.45, 7) is 10.2. The van der Waals surface area contributed by atoms with E-state index >= 15 is 0 Å². The Morgan fingerprint density at radius 1 is 0.936 bits per heavy atom. The SMILES string of the molecule is CC(=O)O[C@H]1C[C@H](O[C@H]2CC[C@@]3(C)[C@H](CC[C@@H]4[C@@H]3CC[C@]3(C)[C@@H](C5=CC(=O)OC5)CC[C@]43O)C2)O[C@H](C)[C@H]1O[C@H]1C=C[C@@H](O)[C@@H](C)O1. The van der Waals surface area contributed by atoms with Crippen LogP contribution in [0.4, 0.5) is 0 Å². The van der Waals surface area contributed by atoms with Crippen LogP contribution in [0.2, 0.25) is 0 Å². The predicted molar refractivity (Wildman–Crippen MR) is 169 cm³/mol.